The zero-order chi connectivity index (χ0) is 21.6. The lowest BCUT2D eigenvalue weighted by molar-refractivity contribution is -0.116. The van der Waals surface area contributed by atoms with Gasteiger partial charge >= 0.3 is 0 Å². The third-order valence-electron chi connectivity index (χ3n) is 4.47. The lowest BCUT2D eigenvalue weighted by Gasteiger charge is -2.11. The standard InChI is InChI=1S/C23H23N7O/c1-16-4-6-18(7-5-16)27-21-14-22(26-17(2)25-21)28-19-8-10-20(11-9-19)29-23(31)15-30-13-3-12-24-30/h3-14H,15H2,1-2H3,(H,29,31)(H2,25,26,27,28). The maximum Gasteiger partial charge on any atom is 0.246 e. The summed E-state index contributed by atoms with van der Waals surface area (Å²) in [6, 6.07) is 19.2. The summed E-state index contributed by atoms with van der Waals surface area (Å²) in [6.45, 7) is 4.07. The molecule has 0 aliphatic heterocycles. The van der Waals surface area contributed by atoms with Crippen molar-refractivity contribution in [1.82, 2.24) is 19.7 Å². The molecule has 3 N–H and O–H groups in total. The largest absolute Gasteiger partial charge is 0.340 e. The quantitative estimate of drug-likeness (QED) is 0.415. The van der Waals surface area contributed by atoms with E-state index in [1.807, 2.05) is 61.5 Å². The van der Waals surface area contributed by atoms with Gasteiger partial charge in [-0.3, -0.25) is 9.48 Å². The van der Waals surface area contributed by atoms with Gasteiger partial charge in [0.25, 0.3) is 0 Å². The molecule has 0 saturated carbocycles. The van der Waals surface area contributed by atoms with E-state index in [1.54, 1.807) is 23.1 Å². The Hall–Kier alpha value is -4.20. The minimum Gasteiger partial charge on any atom is -0.340 e. The number of benzene rings is 2. The molecule has 8 heteroatoms. The SMILES string of the molecule is Cc1ccc(Nc2cc(Nc3ccc(NC(=O)Cn4cccn4)cc3)nc(C)n2)cc1. The van der Waals surface area contributed by atoms with Crippen LogP contribution in [0.15, 0.2) is 73.1 Å². The molecule has 2 aromatic heterocycles. The maximum absolute atomic E-state index is 12.1. The highest BCUT2D eigenvalue weighted by atomic mass is 16.2. The molecule has 0 atom stereocenters. The van der Waals surface area contributed by atoms with Crippen molar-refractivity contribution in [3.05, 3.63) is 84.4 Å². The van der Waals surface area contributed by atoms with Gasteiger partial charge in [0.05, 0.1) is 0 Å². The van der Waals surface area contributed by atoms with Crippen molar-refractivity contribution in [2.45, 2.75) is 20.4 Å². The van der Waals surface area contributed by atoms with Crippen molar-refractivity contribution in [1.29, 1.82) is 0 Å². The Labute approximate surface area is 180 Å². The van der Waals surface area contributed by atoms with Crippen LogP contribution in [0.5, 0.6) is 0 Å². The van der Waals surface area contributed by atoms with Gasteiger partial charge in [0.15, 0.2) is 0 Å². The van der Waals surface area contributed by atoms with Crippen LogP contribution in [0.25, 0.3) is 0 Å². The molecule has 0 unspecified atom stereocenters. The van der Waals surface area contributed by atoms with Gasteiger partial charge in [0.1, 0.15) is 24.0 Å². The van der Waals surface area contributed by atoms with Crippen LogP contribution in [-0.4, -0.2) is 25.7 Å². The number of aromatic nitrogens is 4. The van der Waals surface area contributed by atoms with Gasteiger partial charge in [-0.05, 0) is 56.3 Å². The van der Waals surface area contributed by atoms with Crippen LogP contribution >= 0.6 is 0 Å². The summed E-state index contributed by atoms with van der Waals surface area (Å²) in [6.07, 6.45) is 3.39. The minimum absolute atomic E-state index is 0.136. The molecule has 4 aromatic rings. The van der Waals surface area contributed by atoms with E-state index in [-0.39, 0.29) is 12.5 Å². The number of carbonyl (C=O) groups excluding carboxylic acids is 1. The third-order valence-corrected chi connectivity index (χ3v) is 4.47. The molecule has 0 bridgehead atoms. The zero-order valence-corrected chi connectivity index (χ0v) is 17.3. The summed E-state index contributed by atoms with van der Waals surface area (Å²) in [7, 11) is 0. The molecular weight excluding hydrogens is 390 g/mol. The van der Waals surface area contributed by atoms with Crippen molar-refractivity contribution in [3.8, 4) is 0 Å². The fraction of sp³-hybridized carbons (Fsp3) is 0.130. The Morgan fingerprint density at radius 3 is 2.03 bits per heavy atom. The number of amides is 1. The number of nitrogens with zero attached hydrogens (tertiary/aromatic N) is 4. The number of nitrogens with one attached hydrogen (secondary N) is 3. The smallest absolute Gasteiger partial charge is 0.246 e. The van der Waals surface area contributed by atoms with Crippen molar-refractivity contribution in [3.63, 3.8) is 0 Å². The number of anilines is 5. The highest BCUT2D eigenvalue weighted by Gasteiger charge is 2.06. The van der Waals surface area contributed by atoms with Crippen LogP contribution in [0.3, 0.4) is 0 Å². The van der Waals surface area contributed by atoms with E-state index in [9.17, 15) is 4.79 Å². The van der Waals surface area contributed by atoms with Crippen molar-refractivity contribution < 1.29 is 4.79 Å². The van der Waals surface area contributed by atoms with Crippen molar-refractivity contribution >= 4 is 34.6 Å². The predicted molar refractivity (Wildman–Crippen MR) is 122 cm³/mol. The van der Waals surface area contributed by atoms with Crippen LogP contribution in [0, 0.1) is 13.8 Å². The van der Waals surface area contributed by atoms with Crippen LogP contribution in [0.4, 0.5) is 28.7 Å². The third kappa shape index (κ3) is 5.66. The van der Waals surface area contributed by atoms with E-state index >= 15 is 0 Å². The number of hydrogen-bond acceptors (Lipinski definition) is 6. The monoisotopic (exact) mass is 413 g/mol. The van der Waals surface area contributed by atoms with E-state index in [0.717, 1.165) is 11.4 Å². The van der Waals surface area contributed by atoms with Gasteiger partial charge in [-0.25, -0.2) is 9.97 Å². The first-order valence-electron chi connectivity index (χ1n) is 9.87. The van der Waals surface area contributed by atoms with E-state index in [0.29, 0.717) is 23.1 Å². The van der Waals surface area contributed by atoms with Crippen LogP contribution in [0.2, 0.25) is 0 Å². The van der Waals surface area contributed by atoms with Gasteiger partial charge < -0.3 is 16.0 Å². The number of carbonyl (C=O) groups is 1. The highest BCUT2D eigenvalue weighted by molar-refractivity contribution is 5.90. The number of rotatable bonds is 7. The van der Waals surface area contributed by atoms with E-state index in [4.69, 9.17) is 0 Å². The van der Waals surface area contributed by atoms with E-state index < -0.39 is 0 Å². The molecule has 2 aromatic carbocycles. The normalized spacial score (nSPS) is 10.5. The first-order chi connectivity index (χ1) is 15.0. The summed E-state index contributed by atoms with van der Waals surface area (Å²) in [5.41, 5.74) is 3.73. The summed E-state index contributed by atoms with van der Waals surface area (Å²) in [5.74, 6) is 1.91. The van der Waals surface area contributed by atoms with Gasteiger partial charge in [-0.15, -0.1) is 0 Å². The van der Waals surface area contributed by atoms with Gasteiger partial charge in [-0.1, -0.05) is 17.7 Å². The summed E-state index contributed by atoms with van der Waals surface area (Å²) < 4.78 is 1.57. The second-order valence-electron chi connectivity index (χ2n) is 7.13. The van der Waals surface area contributed by atoms with E-state index in [1.165, 1.54) is 5.56 Å². The second kappa shape index (κ2) is 9.08. The molecule has 0 spiro atoms. The van der Waals surface area contributed by atoms with Crippen LogP contribution in [-0.2, 0) is 11.3 Å². The molecule has 0 aliphatic rings. The Morgan fingerprint density at radius 2 is 1.45 bits per heavy atom. The lowest BCUT2D eigenvalue weighted by Crippen LogP contribution is -2.18. The van der Waals surface area contributed by atoms with Gasteiger partial charge in [0, 0.05) is 35.5 Å². The fourth-order valence-corrected chi connectivity index (χ4v) is 3.01. The van der Waals surface area contributed by atoms with Gasteiger partial charge in [0.2, 0.25) is 5.91 Å². The Balaban J connectivity index is 1.39. The summed E-state index contributed by atoms with van der Waals surface area (Å²) in [4.78, 5) is 21.0. The average molecular weight is 413 g/mol. The predicted octanol–water partition coefficient (Wildman–Crippen LogP) is 4.42. The highest BCUT2D eigenvalue weighted by Crippen LogP contribution is 2.22. The first kappa shape index (κ1) is 20.1. The van der Waals surface area contributed by atoms with E-state index in [2.05, 4.69) is 37.9 Å². The lowest BCUT2D eigenvalue weighted by atomic mass is 10.2. The molecule has 0 saturated heterocycles. The van der Waals surface area contributed by atoms with Gasteiger partial charge in [-0.2, -0.15) is 5.10 Å². The first-order valence-corrected chi connectivity index (χ1v) is 9.87. The average Bonchev–Trinajstić information content (AvgIpc) is 3.24. The second-order valence-corrected chi connectivity index (χ2v) is 7.13. The molecule has 2 heterocycles. The van der Waals surface area contributed by atoms with Crippen molar-refractivity contribution in [2.24, 2.45) is 0 Å². The molecule has 0 fully saturated rings. The zero-order valence-electron chi connectivity index (χ0n) is 17.3. The summed E-state index contributed by atoms with van der Waals surface area (Å²) >= 11 is 0. The summed E-state index contributed by atoms with van der Waals surface area (Å²) in [5, 5.41) is 13.5. The Morgan fingerprint density at radius 1 is 0.871 bits per heavy atom. The molecule has 4 rings (SSSR count). The van der Waals surface area contributed by atoms with Crippen molar-refractivity contribution in [2.75, 3.05) is 16.0 Å². The Bertz CT molecular complexity index is 1150. The molecule has 156 valence electrons. The number of aryl methyl sites for hydroxylation is 2. The fourth-order valence-electron chi connectivity index (χ4n) is 3.01. The van der Waals surface area contributed by atoms with Crippen LogP contribution < -0.4 is 16.0 Å². The molecule has 0 aliphatic carbocycles. The molecule has 0 radical (unpaired) electrons. The van der Waals surface area contributed by atoms with Crippen LogP contribution in [0.1, 0.15) is 11.4 Å². The maximum atomic E-state index is 12.1. The molecular formula is C23H23N7O. The minimum atomic E-state index is -0.136. The molecule has 31 heavy (non-hydrogen) atoms. The number of hydrogen-bond donors (Lipinski definition) is 3. The molecule has 8 nitrogen and oxygen atoms in total. The Kier molecular flexibility index (Phi) is 5.89. The molecule has 1 amide bonds. The topological polar surface area (TPSA) is 96.8 Å².